The molecule has 0 amide bonds. The second-order valence-corrected chi connectivity index (χ2v) is 4.23. The average Bonchev–Trinajstić information content (AvgIpc) is 2.78. The van der Waals surface area contributed by atoms with Crippen LogP contribution >= 0.6 is 11.6 Å². The van der Waals surface area contributed by atoms with Crippen LogP contribution in [-0.2, 0) is 6.54 Å². The summed E-state index contributed by atoms with van der Waals surface area (Å²) >= 11 is 5.95. The van der Waals surface area contributed by atoms with Gasteiger partial charge in [0.15, 0.2) is 0 Å². The summed E-state index contributed by atoms with van der Waals surface area (Å²) in [6.45, 7) is 2.91. The Morgan fingerprint density at radius 2 is 2.25 bits per heavy atom. The van der Waals surface area contributed by atoms with E-state index in [0.29, 0.717) is 0 Å². The van der Waals surface area contributed by atoms with Crippen molar-refractivity contribution in [3.63, 3.8) is 0 Å². The van der Waals surface area contributed by atoms with Crippen LogP contribution in [0.2, 0.25) is 5.02 Å². The van der Waals surface area contributed by atoms with Crippen LogP contribution in [0.15, 0.2) is 47.3 Å². The lowest BCUT2D eigenvalue weighted by Gasteiger charge is -2.13. The standard InChI is InChI=1S/C13H14ClNO/c1-10(12-3-2-4-13(14)7-12)15-8-11-5-6-16-9-11/h2-7,9-10,15H,8H2,1H3/t10-/m0/s1. The molecule has 0 spiro atoms. The van der Waals surface area contributed by atoms with E-state index < -0.39 is 0 Å². The van der Waals surface area contributed by atoms with Gasteiger partial charge in [-0.25, -0.2) is 0 Å². The molecule has 0 unspecified atom stereocenters. The van der Waals surface area contributed by atoms with Crippen LogP contribution in [0.3, 0.4) is 0 Å². The predicted octanol–water partition coefficient (Wildman–Crippen LogP) is 3.78. The summed E-state index contributed by atoms with van der Waals surface area (Å²) in [6.07, 6.45) is 3.43. The van der Waals surface area contributed by atoms with E-state index >= 15 is 0 Å². The molecule has 1 heterocycles. The topological polar surface area (TPSA) is 25.2 Å². The van der Waals surface area contributed by atoms with Gasteiger partial charge in [-0.2, -0.15) is 0 Å². The van der Waals surface area contributed by atoms with Crippen LogP contribution in [0.1, 0.15) is 24.1 Å². The molecule has 1 aromatic heterocycles. The van der Waals surface area contributed by atoms with Crippen molar-refractivity contribution >= 4 is 11.6 Å². The van der Waals surface area contributed by atoms with Gasteiger partial charge in [0.1, 0.15) is 0 Å². The number of rotatable bonds is 4. The van der Waals surface area contributed by atoms with Crippen molar-refractivity contribution in [2.75, 3.05) is 0 Å². The molecule has 0 saturated heterocycles. The Hall–Kier alpha value is -1.25. The molecule has 1 aromatic carbocycles. The largest absolute Gasteiger partial charge is 0.472 e. The Morgan fingerprint density at radius 1 is 1.38 bits per heavy atom. The van der Waals surface area contributed by atoms with Crippen molar-refractivity contribution in [2.24, 2.45) is 0 Å². The van der Waals surface area contributed by atoms with Crippen LogP contribution in [0.25, 0.3) is 0 Å². The molecule has 0 aliphatic rings. The quantitative estimate of drug-likeness (QED) is 0.873. The maximum absolute atomic E-state index is 5.95. The Bertz CT molecular complexity index is 439. The van der Waals surface area contributed by atoms with Crippen molar-refractivity contribution in [1.82, 2.24) is 5.32 Å². The maximum Gasteiger partial charge on any atom is 0.0947 e. The third-order valence-electron chi connectivity index (χ3n) is 2.54. The van der Waals surface area contributed by atoms with E-state index in [0.717, 1.165) is 17.1 Å². The Morgan fingerprint density at radius 3 is 2.94 bits per heavy atom. The average molecular weight is 236 g/mol. The van der Waals surface area contributed by atoms with Crippen LogP contribution in [0, 0.1) is 0 Å². The third-order valence-corrected chi connectivity index (χ3v) is 2.78. The first-order chi connectivity index (χ1) is 7.75. The predicted molar refractivity (Wildman–Crippen MR) is 65.4 cm³/mol. The number of nitrogens with one attached hydrogen (secondary N) is 1. The molecule has 2 rings (SSSR count). The van der Waals surface area contributed by atoms with Gasteiger partial charge in [0, 0.05) is 23.2 Å². The second kappa shape index (κ2) is 5.19. The van der Waals surface area contributed by atoms with Gasteiger partial charge in [0.2, 0.25) is 0 Å². The van der Waals surface area contributed by atoms with E-state index in [1.807, 2.05) is 24.3 Å². The first-order valence-electron chi connectivity index (χ1n) is 5.25. The first-order valence-corrected chi connectivity index (χ1v) is 5.63. The molecule has 3 heteroatoms. The van der Waals surface area contributed by atoms with Crippen LogP contribution in [0.4, 0.5) is 0 Å². The summed E-state index contributed by atoms with van der Waals surface area (Å²) < 4.78 is 5.01. The first kappa shape index (κ1) is 11.2. The smallest absolute Gasteiger partial charge is 0.0947 e. The number of halogens is 1. The van der Waals surface area contributed by atoms with Gasteiger partial charge < -0.3 is 9.73 Å². The Kier molecular flexibility index (Phi) is 3.65. The minimum Gasteiger partial charge on any atom is -0.472 e. The van der Waals surface area contributed by atoms with Gasteiger partial charge in [-0.15, -0.1) is 0 Å². The zero-order valence-corrected chi connectivity index (χ0v) is 9.87. The zero-order chi connectivity index (χ0) is 11.4. The molecule has 0 saturated carbocycles. The fourth-order valence-corrected chi connectivity index (χ4v) is 1.76. The number of hydrogen-bond donors (Lipinski definition) is 1. The minimum absolute atomic E-state index is 0.272. The van der Waals surface area contributed by atoms with Crippen LogP contribution in [-0.4, -0.2) is 0 Å². The molecule has 16 heavy (non-hydrogen) atoms. The molecule has 0 bridgehead atoms. The van der Waals surface area contributed by atoms with Gasteiger partial charge in [0.05, 0.1) is 12.5 Å². The highest BCUT2D eigenvalue weighted by atomic mass is 35.5. The highest BCUT2D eigenvalue weighted by Gasteiger charge is 2.05. The second-order valence-electron chi connectivity index (χ2n) is 3.79. The molecule has 1 atom stereocenters. The molecule has 0 fully saturated rings. The number of furan rings is 1. The van der Waals surface area contributed by atoms with Crippen molar-refractivity contribution < 1.29 is 4.42 Å². The maximum atomic E-state index is 5.95. The zero-order valence-electron chi connectivity index (χ0n) is 9.11. The normalized spacial score (nSPS) is 12.6. The molecule has 84 valence electrons. The van der Waals surface area contributed by atoms with Gasteiger partial charge >= 0.3 is 0 Å². The fraction of sp³-hybridized carbons (Fsp3) is 0.231. The van der Waals surface area contributed by atoms with Crippen LogP contribution in [0.5, 0.6) is 0 Å². The molecule has 1 N–H and O–H groups in total. The monoisotopic (exact) mass is 235 g/mol. The summed E-state index contributed by atoms with van der Waals surface area (Å²) in [5.74, 6) is 0. The number of benzene rings is 1. The molecule has 0 radical (unpaired) electrons. The lowest BCUT2D eigenvalue weighted by molar-refractivity contribution is 0.547. The van der Waals surface area contributed by atoms with E-state index in [9.17, 15) is 0 Å². The summed E-state index contributed by atoms with van der Waals surface area (Å²) in [6, 6.07) is 10.1. The molecule has 0 aliphatic heterocycles. The molecular weight excluding hydrogens is 222 g/mol. The molecular formula is C13H14ClNO. The fourth-order valence-electron chi connectivity index (χ4n) is 1.56. The van der Waals surface area contributed by atoms with Gasteiger partial charge in [0.25, 0.3) is 0 Å². The summed E-state index contributed by atoms with van der Waals surface area (Å²) in [5, 5.41) is 4.18. The van der Waals surface area contributed by atoms with E-state index in [1.165, 1.54) is 5.56 Å². The van der Waals surface area contributed by atoms with E-state index in [4.69, 9.17) is 16.0 Å². The lowest BCUT2D eigenvalue weighted by Crippen LogP contribution is -2.17. The highest BCUT2D eigenvalue weighted by molar-refractivity contribution is 6.30. The van der Waals surface area contributed by atoms with Crippen molar-refractivity contribution in [2.45, 2.75) is 19.5 Å². The van der Waals surface area contributed by atoms with Gasteiger partial charge in [-0.05, 0) is 30.7 Å². The summed E-state index contributed by atoms with van der Waals surface area (Å²) in [5.41, 5.74) is 2.34. The van der Waals surface area contributed by atoms with Crippen molar-refractivity contribution in [1.29, 1.82) is 0 Å². The SMILES string of the molecule is C[C@H](NCc1ccoc1)c1cccc(Cl)c1. The van der Waals surface area contributed by atoms with E-state index in [2.05, 4.69) is 18.3 Å². The molecule has 2 aromatic rings. The molecule has 2 nitrogen and oxygen atoms in total. The van der Waals surface area contributed by atoms with E-state index in [-0.39, 0.29) is 6.04 Å². The van der Waals surface area contributed by atoms with Crippen molar-refractivity contribution in [3.05, 3.63) is 59.0 Å². The van der Waals surface area contributed by atoms with Crippen LogP contribution < -0.4 is 5.32 Å². The van der Waals surface area contributed by atoms with Gasteiger partial charge in [-0.1, -0.05) is 23.7 Å². The Labute approximate surface area is 100 Å². The third kappa shape index (κ3) is 2.87. The highest BCUT2D eigenvalue weighted by Crippen LogP contribution is 2.17. The lowest BCUT2D eigenvalue weighted by atomic mass is 10.1. The van der Waals surface area contributed by atoms with Crippen molar-refractivity contribution in [3.8, 4) is 0 Å². The number of hydrogen-bond acceptors (Lipinski definition) is 2. The molecule has 0 aliphatic carbocycles. The summed E-state index contributed by atoms with van der Waals surface area (Å²) in [4.78, 5) is 0. The van der Waals surface area contributed by atoms with Gasteiger partial charge in [-0.3, -0.25) is 0 Å². The minimum atomic E-state index is 0.272. The Balaban J connectivity index is 1.95. The van der Waals surface area contributed by atoms with E-state index in [1.54, 1.807) is 12.5 Å². The summed E-state index contributed by atoms with van der Waals surface area (Å²) in [7, 11) is 0.